The lowest BCUT2D eigenvalue weighted by Crippen LogP contribution is -2.48. The fraction of sp³-hybridized carbons (Fsp3) is 0.400. The maximum absolute atomic E-state index is 12.1. The van der Waals surface area contributed by atoms with Gasteiger partial charge in [0.15, 0.2) is 0 Å². The van der Waals surface area contributed by atoms with Crippen molar-refractivity contribution in [2.24, 2.45) is 0 Å². The first-order chi connectivity index (χ1) is 8.08. The van der Waals surface area contributed by atoms with Crippen molar-refractivity contribution < 1.29 is 8.42 Å². The lowest BCUT2D eigenvalue weighted by Gasteiger charge is -2.26. The van der Waals surface area contributed by atoms with Crippen LogP contribution in [0.3, 0.4) is 0 Å². The van der Waals surface area contributed by atoms with Gasteiger partial charge in [-0.2, -0.15) is 12.7 Å². The van der Waals surface area contributed by atoms with Crippen LogP contribution < -0.4 is 10.0 Å². The Hall–Kier alpha value is -0.380. The zero-order chi connectivity index (χ0) is 12.3. The van der Waals surface area contributed by atoms with E-state index in [1.165, 1.54) is 4.31 Å². The fourth-order valence-corrected chi connectivity index (χ4v) is 3.41. The van der Waals surface area contributed by atoms with Gasteiger partial charge in [0.25, 0.3) is 0 Å². The van der Waals surface area contributed by atoms with Crippen molar-refractivity contribution in [3.8, 4) is 0 Å². The second-order valence-electron chi connectivity index (χ2n) is 3.77. The van der Waals surface area contributed by atoms with E-state index in [0.29, 0.717) is 31.9 Å². The molecule has 5 nitrogen and oxygen atoms in total. The van der Waals surface area contributed by atoms with Gasteiger partial charge in [-0.3, -0.25) is 4.72 Å². The first-order valence-electron chi connectivity index (χ1n) is 5.32. The Morgan fingerprint density at radius 3 is 2.65 bits per heavy atom. The van der Waals surface area contributed by atoms with Crippen molar-refractivity contribution in [3.05, 3.63) is 27.8 Å². The number of nitrogens with one attached hydrogen (secondary N) is 2. The molecule has 0 radical (unpaired) electrons. The average molecular weight is 367 g/mol. The van der Waals surface area contributed by atoms with E-state index in [9.17, 15) is 8.42 Å². The Kier molecular flexibility index (Phi) is 4.23. The monoisotopic (exact) mass is 367 g/mol. The van der Waals surface area contributed by atoms with E-state index in [2.05, 4.69) is 32.6 Å². The van der Waals surface area contributed by atoms with Crippen LogP contribution in [0.2, 0.25) is 0 Å². The maximum atomic E-state index is 12.1. The van der Waals surface area contributed by atoms with Gasteiger partial charge in [0.2, 0.25) is 0 Å². The third-order valence-electron chi connectivity index (χ3n) is 2.49. The minimum absolute atomic E-state index is 0.513. The minimum atomic E-state index is -3.41. The van der Waals surface area contributed by atoms with Crippen molar-refractivity contribution in [1.29, 1.82) is 0 Å². The summed E-state index contributed by atoms with van der Waals surface area (Å²) in [5.41, 5.74) is 0.607. The fourth-order valence-electron chi connectivity index (χ4n) is 1.65. The highest BCUT2D eigenvalue weighted by Crippen LogP contribution is 2.15. The third kappa shape index (κ3) is 3.54. The summed E-state index contributed by atoms with van der Waals surface area (Å²) >= 11 is 2.15. The molecule has 1 aromatic rings. The summed E-state index contributed by atoms with van der Waals surface area (Å²) in [5, 5.41) is 3.12. The van der Waals surface area contributed by atoms with E-state index < -0.39 is 10.2 Å². The largest absolute Gasteiger partial charge is 0.314 e. The first kappa shape index (κ1) is 13.1. The SMILES string of the molecule is O=S(=O)(Nc1cccc(I)c1)N1CCNCC1. The summed E-state index contributed by atoms with van der Waals surface area (Å²) < 4.78 is 29.2. The van der Waals surface area contributed by atoms with E-state index in [1.54, 1.807) is 12.1 Å². The number of hydrogen-bond acceptors (Lipinski definition) is 3. The van der Waals surface area contributed by atoms with E-state index in [0.717, 1.165) is 3.57 Å². The van der Waals surface area contributed by atoms with Crippen molar-refractivity contribution >= 4 is 38.5 Å². The molecular weight excluding hydrogens is 353 g/mol. The number of benzene rings is 1. The molecule has 0 aliphatic carbocycles. The standard InChI is InChI=1S/C10H14IN3O2S/c11-9-2-1-3-10(8-9)13-17(15,16)14-6-4-12-5-7-14/h1-3,8,12-13H,4-7H2. The van der Waals surface area contributed by atoms with Gasteiger partial charge < -0.3 is 5.32 Å². The van der Waals surface area contributed by atoms with E-state index in [1.807, 2.05) is 12.1 Å². The number of hydrogen-bond donors (Lipinski definition) is 2. The highest BCUT2D eigenvalue weighted by Gasteiger charge is 2.23. The van der Waals surface area contributed by atoms with Gasteiger partial charge in [-0.25, -0.2) is 0 Å². The van der Waals surface area contributed by atoms with Gasteiger partial charge in [-0.1, -0.05) is 6.07 Å². The van der Waals surface area contributed by atoms with Gasteiger partial charge in [0.05, 0.1) is 5.69 Å². The van der Waals surface area contributed by atoms with Gasteiger partial charge in [0.1, 0.15) is 0 Å². The van der Waals surface area contributed by atoms with Crippen LogP contribution in [-0.4, -0.2) is 38.9 Å². The second kappa shape index (κ2) is 5.51. The molecule has 1 aliphatic rings. The maximum Gasteiger partial charge on any atom is 0.301 e. The molecule has 1 saturated heterocycles. The van der Waals surface area contributed by atoms with Crippen LogP contribution in [0.25, 0.3) is 0 Å². The molecule has 2 N–H and O–H groups in total. The summed E-state index contributed by atoms with van der Waals surface area (Å²) in [7, 11) is -3.41. The highest BCUT2D eigenvalue weighted by atomic mass is 127. The third-order valence-corrected chi connectivity index (χ3v) is 4.70. The predicted molar refractivity (Wildman–Crippen MR) is 76.1 cm³/mol. The van der Waals surface area contributed by atoms with Crippen molar-refractivity contribution in [1.82, 2.24) is 9.62 Å². The van der Waals surface area contributed by atoms with Gasteiger partial charge in [0, 0.05) is 29.7 Å². The minimum Gasteiger partial charge on any atom is -0.314 e. The summed E-state index contributed by atoms with van der Waals surface area (Å²) in [5.74, 6) is 0. The van der Waals surface area contributed by atoms with E-state index >= 15 is 0 Å². The molecule has 1 aliphatic heterocycles. The van der Waals surface area contributed by atoms with E-state index in [4.69, 9.17) is 0 Å². The highest BCUT2D eigenvalue weighted by molar-refractivity contribution is 14.1. The smallest absolute Gasteiger partial charge is 0.301 e. The Labute approximate surface area is 115 Å². The molecule has 0 bridgehead atoms. The first-order valence-corrected chi connectivity index (χ1v) is 7.84. The second-order valence-corrected chi connectivity index (χ2v) is 6.68. The van der Waals surface area contributed by atoms with Crippen LogP contribution in [0.15, 0.2) is 24.3 Å². The molecule has 1 heterocycles. The topological polar surface area (TPSA) is 61.4 Å². The summed E-state index contributed by atoms with van der Waals surface area (Å²) in [4.78, 5) is 0. The van der Waals surface area contributed by atoms with Crippen LogP contribution in [-0.2, 0) is 10.2 Å². The molecule has 2 rings (SSSR count). The van der Waals surface area contributed by atoms with Crippen LogP contribution in [0.1, 0.15) is 0 Å². The molecule has 17 heavy (non-hydrogen) atoms. The predicted octanol–water partition coefficient (Wildman–Crippen LogP) is 0.853. The number of rotatable bonds is 3. The summed E-state index contributed by atoms with van der Waals surface area (Å²) in [6.07, 6.45) is 0. The molecule has 0 unspecified atom stereocenters. The zero-order valence-electron chi connectivity index (χ0n) is 9.19. The Morgan fingerprint density at radius 1 is 1.29 bits per heavy atom. The number of halogens is 1. The van der Waals surface area contributed by atoms with Crippen LogP contribution in [0.4, 0.5) is 5.69 Å². The molecule has 0 atom stereocenters. The molecule has 94 valence electrons. The summed E-state index contributed by atoms with van der Waals surface area (Å²) in [6, 6.07) is 7.31. The zero-order valence-corrected chi connectivity index (χ0v) is 12.2. The lowest BCUT2D eigenvalue weighted by atomic mass is 10.3. The Balaban J connectivity index is 2.11. The lowest BCUT2D eigenvalue weighted by molar-refractivity contribution is 0.362. The molecular formula is C10H14IN3O2S. The van der Waals surface area contributed by atoms with Gasteiger partial charge in [-0.05, 0) is 40.8 Å². The number of anilines is 1. The van der Waals surface area contributed by atoms with Crippen molar-refractivity contribution in [2.45, 2.75) is 0 Å². The molecule has 1 fully saturated rings. The normalized spacial score (nSPS) is 17.9. The van der Waals surface area contributed by atoms with Crippen LogP contribution in [0, 0.1) is 3.57 Å². The number of piperazine rings is 1. The van der Waals surface area contributed by atoms with Crippen molar-refractivity contribution in [2.75, 3.05) is 30.9 Å². The average Bonchev–Trinajstić information content (AvgIpc) is 2.29. The van der Waals surface area contributed by atoms with Crippen molar-refractivity contribution in [3.63, 3.8) is 0 Å². The quantitative estimate of drug-likeness (QED) is 0.779. The number of nitrogens with zero attached hydrogens (tertiary/aromatic N) is 1. The van der Waals surface area contributed by atoms with Gasteiger partial charge in [-0.15, -0.1) is 0 Å². The molecule has 0 saturated carbocycles. The Bertz CT molecular complexity index is 486. The van der Waals surface area contributed by atoms with Crippen LogP contribution >= 0.6 is 22.6 Å². The molecule has 1 aromatic carbocycles. The van der Waals surface area contributed by atoms with Crippen LogP contribution in [0.5, 0.6) is 0 Å². The Morgan fingerprint density at radius 2 is 2.00 bits per heavy atom. The molecule has 7 heteroatoms. The van der Waals surface area contributed by atoms with Gasteiger partial charge >= 0.3 is 10.2 Å². The van der Waals surface area contributed by atoms with E-state index in [-0.39, 0.29) is 0 Å². The molecule has 0 aromatic heterocycles. The molecule has 0 amide bonds. The summed E-state index contributed by atoms with van der Waals surface area (Å²) in [6.45, 7) is 2.43. The molecule has 0 spiro atoms.